The normalized spacial score (nSPS) is 13.2. The maximum absolute atomic E-state index is 3.38. The maximum Gasteiger partial charge on any atom is 0.00912 e. The van der Waals surface area contributed by atoms with Crippen LogP contribution >= 0.6 is 0 Å². The first-order valence-corrected chi connectivity index (χ1v) is 12.7. The van der Waals surface area contributed by atoms with Crippen LogP contribution in [0.3, 0.4) is 0 Å². The van der Waals surface area contributed by atoms with E-state index in [-0.39, 0.29) is 0 Å². The summed E-state index contributed by atoms with van der Waals surface area (Å²) in [6.45, 7) is 9.38. The van der Waals surface area contributed by atoms with Crippen LogP contribution in [0.2, 0.25) is 0 Å². The Morgan fingerprint density at radius 3 is 1.52 bits per heavy atom. The number of hydrogen-bond donors (Lipinski definition) is 0. The van der Waals surface area contributed by atoms with E-state index in [0.717, 1.165) is 24.7 Å². The second-order valence-corrected chi connectivity index (χ2v) is 9.11. The molecule has 0 saturated carbocycles. The van der Waals surface area contributed by atoms with E-state index < -0.39 is 0 Å². The van der Waals surface area contributed by atoms with Crippen molar-refractivity contribution < 1.29 is 0 Å². The Morgan fingerprint density at radius 2 is 0.926 bits per heavy atom. The summed E-state index contributed by atoms with van der Waals surface area (Å²) in [6.07, 6.45) is 26.2. The largest absolute Gasteiger partial charge is 0.103 e. The van der Waals surface area contributed by atoms with Crippen molar-refractivity contribution in [2.45, 2.75) is 150 Å². The van der Waals surface area contributed by atoms with Gasteiger partial charge in [0.2, 0.25) is 0 Å². The first-order chi connectivity index (χ1) is 13.2. The topological polar surface area (TPSA) is 0 Å². The van der Waals surface area contributed by atoms with Crippen molar-refractivity contribution in [3.8, 4) is 11.8 Å². The fourth-order valence-electron chi connectivity index (χ4n) is 3.95. The van der Waals surface area contributed by atoms with Gasteiger partial charge in [-0.3, -0.25) is 0 Å². The second kappa shape index (κ2) is 21.9. The van der Waals surface area contributed by atoms with Gasteiger partial charge in [-0.2, -0.15) is 0 Å². The minimum atomic E-state index is 0.860. The molecule has 0 heteroatoms. The van der Waals surface area contributed by atoms with Gasteiger partial charge in [0, 0.05) is 12.8 Å². The highest BCUT2D eigenvalue weighted by Gasteiger charge is 2.01. The zero-order valence-electron chi connectivity index (χ0n) is 19.6. The quantitative estimate of drug-likeness (QED) is 0.155. The summed E-state index contributed by atoms with van der Waals surface area (Å²) < 4.78 is 0. The van der Waals surface area contributed by atoms with E-state index in [2.05, 4.69) is 39.5 Å². The molecule has 0 aliphatic heterocycles. The summed E-state index contributed by atoms with van der Waals surface area (Å²) in [5, 5.41) is 0. The molecule has 0 amide bonds. The molecule has 0 bridgehead atoms. The Bertz CT molecular complexity index is 332. The average Bonchev–Trinajstić information content (AvgIpc) is 2.66. The van der Waals surface area contributed by atoms with Crippen LogP contribution in [-0.4, -0.2) is 0 Å². The molecule has 2 atom stereocenters. The molecule has 0 aromatic rings. The van der Waals surface area contributed by atoms with Crippen LogP contribution in [0.4, 0.5) is 0 Å². The third-order valence-corrected chi connectivity index (χ3v) is 5.97. The number of hydrogen-bond acceptors (Lipinski definition) is 0. The average molecular weight is 377 g/mol. The zero-order chi connectivity index (χ0) is 20.0. The van der Waals surface area contributed by atoms with Crippen molar-refractivity contribution in [2.24, 2.45) is 11.8 Å². The van der Waals surface area contributed by atoms with Gasteiger partial charge in [0.25, 0.3) is 0 Å². The zero-order valence-corrected chi connectivity index (χ0v) is 19.6. The third-order valence-electron chi connectivity index (χ3n) is 5.97. The first kappa shape index (κ1) is 26.6. The lowest BCUT2D eigenvalue weighted by Crippen LogP contribution is -1.94. The third kappa shape index (κ3) is 21.7. The Labute approximate surface area is 173 Å². The standard InChI is InChI=1S/C27H52/c1-5-7-23-27(4)25-21-19-17-15-13-11-9-8-10-12-14-16-18-20-24-26(3)22-6-2/h26-27H,5-15,17,19-25H2,1-4H3. The Kier molecular flexibility index (Phi) is 21.5. The SMILES string of the molecule is CCCCC(C)CCCCCCCCCCCCC#CCCC(C)CCC. The number of unbranched alkanes of at least 4 members (excludes halogenated alkanes) is 11. The highest BCUT2D eigenvalue weighted by Crippen LogP contribution is 2.17. The minimum Gasteiger partial charge on any atom is -0.103 e. The van der Waals surface area contributed by atoms with Crippen LogP contribution in [0.15, 0.2) is 0 Å². The van der Waals surface area contributed by atoms with Crippen LogP contribution in [0.25, 0.3) is 0 Å². The van der Waals surface area contributed by atoms with Gasteiger partial charge in [-0.25, -0.2) is 0 Å². The summed E-state index contributed by atoms with van der Waals surface area (Å²) >= 11 is 0. The number of rotatable bonds is 19. The van der Waals surface area contributed by atoms with E-state index in [0.29, 0.717) is 0 Å². The van der Waals surface area contributed by atoms with Crippen molar-refractivity contribution in [2.75, 3.05) is 0 Å². The molecule has 0 aliphatic rings. The molecule has 0 aromatic carbocycles. The van der Waals surface area contributed by atoms with E-state index >= 15 is 0 Å². The van der Waals surface area contributed by atoms with Crippen molar-refractivity contribution in [1.82, 2.24) is 0 Å². The first-order valence-electron chi connectivity index (χ1n) is 12.7. The fourth-order valence-corrected chi connectivity index (χ4v) is 3.95. The molecular formula is C27H52. The molecule has 0 fully saturated rings. The molecular weight excluding hydrogens is 324 g/mol. The molecule has 0 aliphatic carbocycles. The van der Waals surface area contributed by atoms with Crippen LogP contribution < -0.4 is 0 Å². The lowest BCUT2D eigenvalue weighted by atomic mass is 9.97. The summed E-state index contributed by atoms with van der Waals surface area (Å²) in [5.41, 5.74) is 0. The molecule has 27 heavy (non-hydrogen) atoms. The van der Waals surface area contributed by atoms with Crippen molar-refractivity contribution in [1.29, 1.82) is 0 Å². The van der Waals surface area contributed by atoms with Crippen molar-refractivity contribution in [3.63, 3.8) is 0 Å². The highest BCUT2D eigenvalue weighted by atomic mass is 14.1. The van der Waals surface area contributed by atoms with E-state index in [1.807, 2.05) is 0 Å². The minimum absolute atomic E-state index is 0.860. The fraction of sp³-hybridized carbons (Fsp3) is 0.926. The predicted molar refractivity (Wildman–Crippen MR) is 125 cm³/mol. The van der Waals surface area contributed by atoms with Crippen LogP contribution in [-0.2, 0) is 0 Å². The molecule has 0 heterocycles. The molecule has 0 spiro atoms. The van der Waals surface area contributed by atoms with Crippen molar-refractivity contribution >= 4 is 0 Å². The lowest BCUT2D eigenvalue weighted by molar-refractivity contribution is 0.440. The molecule has 0 nitrogen and oxygen atoms in total. The molecule has 0 aromatic heterocycles. The summed E-state index contributed by atoms with van der Waals surface area (Å²) in [6, 6.07) is 0. The smallest absolute Gasteiger partial charge is 0.00912 e. The van der Waals surface area contributed by atoms with Crippen molar-refractivity contribution in [3.05, 3.63) is 0 Å². The molecule has 0 N–H and O–H groups in total. The van der Waals surface area contributed by atoms with Crippen LogP contribution in [0, 0.1) is 23.7 Å². The molecule has 160 valence electrons. The monoisotopic (exact) mass is 376 g/mol. The van der Waals surface area contributed by atoms with Crippen LogP contribution in [0.5, 0.6) is 0 Å². The van der Waals surface area contributed by atoms with Crippen LogP contribution in [0.1, 0.15) is 150 Å². The Morgan fingerprint density at radius 1 is 0.444 bits per heavy atom. The molecule has 0 radical (unpaired) electrons. The summed E-state index contributed by atoms with van der Waals surface area (Å²) in [7, 11) is 0. The summed E-state index contributed by atoms with van der Waals surface area (Å²) in [4.78, 5) is 0. The molecule has 2 unspecified atom stereocenters. The second-order valence-electron chi connectivity index (χ2n) is 9.11. The van der Waals surface area contributed by atoms with Gasteiger partial charge < -0.3 is 0 Å². The van der Waals surface area contributed by atoms with E-state index in [4.69, 9.17) is 0 Å². The van der Waals surface area contributed by atoms with Gasteiger partial charge in [0.1, 0.15) is 0 Å². The Balaban J connectivity index is 3.19. The molecule has 0 rings (SSSR count). The predicted octanol–water partition coefficient (Wildman–Crippen LogP) is 9.71. The highest BCUT2D eigenvalue weighted by molar-refractivity contribution is 4.98. The maximum atomic E-state index is 3.38. The Hall–Kier alpha value is -0.440. The van der Waals surface area contributed by atoms with Gasteiger partial charge in [-0.1, -0.05) is 124 Å². The van der Waals surface area contributed by atoms with Gasteiger partial charge in [0.05, 0.1) is 0 Å². The summed E-state index contributed by atoms with van der Waals surface area (Å²) in [5.74, 6) is 8.58. The van der Waals surface area contributed by atoms with E-state index in [9.17, 15) is 0 Å². The van der Waals surface area contributed by atoms with Gasteiger partial charge in [-0.15, -0.1) is 11.8 Å². The molecule has 0 saturated heterocycles. The van der Waals surface area contributed by atoms with Gasteiger partial charge in [-0.05, 0) is 24.7 Å². The lowest BCUT2D eigenvalue weighted by Gasteiger charge is -2.10. The van der Waals surface area contributed by atoms with E-state index in [1.54, 1.807) is 0 Å². The van der Waals surface area contributed by atoms with Gasteiger partial charge >= 0.3 is 0 Å². The van der Waals surface area contributed by atoms with Gasteiger partial charge in [0.15, 0.2) is 0 Å². The van der Waals surface area contributed by atoms with E-state index in [1.165, 1.54) is 109 Å².